The molecule has 0 aliphatic carbocycles. The Bertz CT molecular complexity index is 398. The van der Waals surface area contributed by atoms with Gasteiger partial charge in [0.05, 0.1) is 5.69 Å². The van der Waals surface area contributed by atoms with Crippen LogP contribution in [0.1, 0.15) is 5.69 Å². The van der Waals surface area contributed by atoms with E-state index in [1.807, 2.05) is 13.0 Å². The fraction of sp³-hybridized carbons (Fsp3) is 0.167. The van der Waals surface area contributed by atoms with E-state index in [-0.39, 0.29) is 0 Å². The zero-order valence-corrected chi connectivity index (χ0v) is 8.68. The van der Waals surface area contributed by atoms with Gasteiger partial charge in [0.15, 0.2) is 4.83 Å². The van der Waals surface area contributed by atoms with E-state index < -0.39 is 0 Å². The maximum absolute atomic E-state index is 4.17. The van der Waals surface area contributed by atoms with Crippen LogP contribution in [-0.4, -0.2) is 14.6 Å². The van der Waals surface area contributed by atoms with Crippen LogP contribution in [0.15, 0.2) is 6.07 Å². The van der Waals surface area contributed by atoms with Crippen molar-refractivity contribution in [1.29, 1.82) is 0 Å². The zero-order valence-electron chi connectivity index (χ0n) is 5.71. The van der Waals surface area contributed by atoms with E-state index >= 15 is 0 Å². The molecular weight excluding hydrogens is 273 g/mol. The van der Waals surface area contributed by atoms with Gasteiger partial charge in [-0.05, 0) is 47.1 Å². The van der Waals surface area contributed by atoms with Crippen LogP contribution in [-0.2, 0) is 0 Å². The first-order chi connectivity index (χ1) is 5.27. The maximum atomic E-state index is 4.17. The summed E-state index contributed by atoms with van der Waals surface area (Å²) in [6.45, 7) is 1.98. The van der Waals surface area contributed by atoms with E-state index in [0.717, 1.165) is 19.6 Å². The third kappa shape index (κ3) is 1.22. The molecule has 2 heterocycles. The van der Waals surface area contributed by atoms with E-state index in [0.29, 0.717) is 0 Å². The third-order valence-electron chi connectivity index (χ3n) is 1.39. The van der Waals surface area contributed by atoms with Crippen molar-refractivity contribution in [2.45, 2.75) is 6.92 Å². The first-order valence-electron chi connectivity index (χ1n) is 3.02. The van der Waals surface area contributed by atoms with Crippen LogP contribution in [0.3, 0.4) is 0 Å². The highest BCUT2D eigenvalue weighted by molar-refractivity contribution is 14.1. The van der Waals surface area contributed by atoms with E-state index in [4.69, 9.17) is 0 Å². The van der Waals surface area contributed by atoms with Crippen LogP contribution in [0.25, 0.3) is 10.2 Å². The van der Waals surface area contributed by atoms with E-state index in [2.05, 4.69) is 37.2 Å². The second-order valence-electron chi connectivity index (χ2n) is 2.15. The molecule has 0 bridgehead atoms. The molecular formula is C6H4IN3S. The van der Waals surface area contributed by atoms with Crippen molar-refractivity contribution in [3.8, 4) is 0 Å². The summed E-state index contributed by atoms with van der Waals surface area (Å²) < 4.78 is 5.09. The second kappa shape index (κ2) is 2.63. The molecule has 0 spiro atoms. The fourth-order valence-corrected chi connectivity index (χ4v) is 1.97. The molecule has 0 amide bonds. The first kappa shape index (κ1) is 7.35. The molecule has 2 aromatic heterocycles. The summed E-state index contributed by atoms with van der Waals surface area (Å²) in [6, 6.07) is 2.00. The number of halogens is 1. The predicted octanol–water partition coefficient (Wildman–Crippen LogP) is 2.00. The summed E-state index contributed by atoms with van der Waals surface area (Å²) >= 11 is 3.54. The highest BCUT2D eigenvalue weighted by Crippen LogP contribution is 2.19. The first-order valence-corrected chi connectivity index (χ1v) is 4.88. The van der Waals surface area contributed by atoms with Gasteiger partial charge in [0.1, 0.15) is 3.70 Å². The Morgan fingerprint density at radius 2 is 2.27 bits per heavy atom. The molecule has 0 fully saturated rings. The highest BCUT2D eigenvalue weighted by Gasteiger charge is 2.03. The molecule has 3 nitrogen and oxygen atoms in total. The molecule has 0 radical (unpaired) electrons. The van der Waals surface area contributed by atoms with Gasteiger partial charge in [-0.25, -0.2) is 0 Å². The van der Waals surface area contributed by atoms with Gasteiger partial charge in [0.25, 0.3) is 0 Å². The van der Waals surface area contributed by atoms with Gasteiger partial charge in [-0.2, -0.15) is 4.37 Å². The maximum Gasteiger partial charge on any atom is 0.166 e. The normalized spacial score (nSPS) is 10.7. The molecule has 56 valence electrons. The van der Waals surface area contributed by atoms with Crippen molar-refractivity contribution in [3.05, 3.63) is 15.5 Å². The van der Waals surface area contributed by atoms with Crippen LogP contribution in [0.5, 0.6) is 0 Å². The number of aryl methyl sites for hydroxylation is 1. The smallest absolute Gasteiger partial charge is 0.166 e. The number of hydrogen-bond acceptors (Lipinski definition) is 4. The lowest BCUT2D eigenvalue weighted by Gasteiger charge is -1.87. The average Bonchev–Trinajstić information content (AvgIpc) is 2.33. The van der Waals surface area contributed by atoms with Crippen molar-refractivity contribution < 1.29 is 0 Å². The van der Waals surface area contributed by atoms with Gasteiger partial charge in [0, 0.05) is 5.39 Å². The Morgan fingerprint density at radius 3 is 3.09 bits per heavy atom. The lowest BCUT2D eigenvalue weighted by Crippen LogP contribution is -1.83. The number of fused-ring (bicyclic) bond motifs is 1. The number of nitrogens with zero attached hydrogens (tertiary/aromatic N) is 3. The van der Waals surface area contributed by atoms with Crippen molar-refractivity contribution in [2.75, 3.05) is 0 Å². The lowest BCUT2D eigenvalue weighted by molar-refractivity contribution is 1.05. The minimum atomic E-state index is 0.915. The van der Waals surface area contributed by atoms with Crippen LogP contribution in [0, 0.1) is 10.6 Å². The lowest BCUT2D eigenvalue weighted by atomic mass is 10.3. The summed E-state index contributed by atoms with van der Waals surface area (Å²) in [5.41, 5.74) is 1.04. The molecule has 0 saturated heterocycles. The number of rotatable bonds is 0. The average molecular weight is 277 g/mol. The van der Waals surface area contributed by atoms with Crippen molar-refractivity contribution in [3.63, 3.8) is 0 Å². The Hall–Kier alpha value is -0.300. The van der Waals surface area contributed by atoms with E-state index in [9.17, 15) is 0 Å². The third-order valence-corrected chi connectivity index (χ3v) is 2.76. The summed E-state index contributed by atoms with van der Waals surface area (Å²) in [6.07, 6.45) is 0. The zero-order chi connectivity index (χ0) is 7.84. The van der Waals surface area contributed by atoms with Gasteiger partial charge in [-0.1, -0.05) is 0 Å². The molecule has 0 aliphatic rings. The Balaban J connectivity index is 2.87. The molecule has 0 saturated carbocycles. The summed E-state index contributed by atoms with van der Waals surface area (Å²) in [5, 5.41) is 9.05. The molecule has 0 atom stereocenters. The molecule has 0 aliphatic heterocycles. The van der Waals surface area contributed by atoms with Crippen molar-refractivity contribution >= 4 is 44.3 Å². The highest BCUT2D eigenvalue weighted by atomic mass is 127. The SMILES string of the molecule is Cc1nsc2nnc(I)cc12. The van der Waals surface area contributed by atoms with Gasteiger partial charge in [-0.15, -0.1) is 10.2 Å². The topological polar surface area (TPSA) is 38.7 Å². The summed E-state index contributed by atoms with van der Waals surface area (Å²) in [4.78, 5) is 0.919. The van der Waals surface area contributed by atoms with Crippen molar-refractivity contribution in [1.82, 2.24) is 14.6 Å². The molecule has 2 rings (SSSR count). The van der Waals surface area contributed by atoms with Crippen LogP contribution < -0.4 is 0 Å². The standard InChI is InChI=1S/C6H4IN3S/c1-3-4-2-5(7)8-9-6(4)11-10-3/h2H,1H3. The summed E-state index contributed by atoms with van der Waals surface area (Å²) in [5.74, 6) is 0. The molecule has 0 unspecified atom stereocenters. The van der Waals surface area contributed by atoms with E-state index in [1.54, 1.807) is 0 Å². The van der Waals surface area contributed by atoms with Crippen LogP contribution >= 0.6 is 34.1 Å². The van der Waals surface area contributed by atoms with Gasteiger partial charge < -0.3 is 0 Å². The predicted molar refractivity (Wildman–Crippen MR) is 52.7 cm³/mol. The van der Waals surface area contributed by atoms with Gasteiger partial charge in [0.2, 0.25) is 0 Å². The fourth-order valence-electron chi connectivity index (χ4n) is 0.844. The Kier molecular flexibility index (Phi) is 1.76. The van der Waals surface area contributed by atoms with Crippen LogP contribution in [0.2, 0.25) is 0 Å². The molecule has 0 aromatic carbocycles. The monoisotopic (exact) mass is 277 g/mol. The summed E-state index contributed by atoms with van der Waals surface area (Å²) in [7, 11) is 0. The second-order valence-corrected chi connectivity index (χ2v) is 4.01. The Labute approximate surface area is 81.1 Å². The van der Waals surface area contributed by atoms with Crippen molar-refractivity contribution in [2.24, 2.45) is 0 Å². The molecule has 11 heavy (non-hydrogen) atoms. The number of aromatic nitrogens is 3. The Morgan fingerprint density at radius 1 is 1.45 bits per heavy atom. The number of hydrogen-bond donors (Lipinski definition) is 0. The minimum Gasteiger partial charge on any atom is -0.195 e. The van der Waals surface area contributed by atoms with E-state index in [1.165, 1.54) is 11.5 Å². The van der Waals surface area contributed by atoms with Crippen LogP contribution in [0.4, 0.5) is 0 Å². The largest absolute Gasteiger partial charge is 0.195 e. The molecule has 5 heteroatoms. The minimum absolute atomic E-state index is 0.915. The molecule has 2 aromatic rings. The van der Waals surface area contributed by atoms with Gasteiger partial charge in [-0.3, -0.25) is 0 Å². The van der Waals surface area contributed by atoms with Gasteiger partial charge >= 0.3 is 0 Å². The molecule has 0 N–H and O–H groups in total. The quantitative estimate of drug-likeness (QED) is 0.691.